The average molecular weight is 167 g/mol. The molecule has 2 rings (SSSR count). The van der Waals surface area contributed by atoms with Crippen LogP contribution in [0.25, 0.3) is 0 Å². The quantitative estimate of drug-likeness (QED) is 0.549. The van der Waals surface area contributed by atoms with Crippen LogP contribution in [0.2, 0.25) is 0 Å². The van der Waals surface area contributed by atoms with Crippen molar-refractivity contribution in [2.75, 3.05) is 0 Å². The van der Waals surface area contributed by atoms with Gasteiger partial charge in [0.1, 0.15) is 0 Å². The Kier molecular flexibility index (Phi) is 2.16. The maximum Gasteiger partial charge on any atom is 0.178 e. The van der Waals surface area contributed by atoms with Crippen molar-refractivity contribution in [1.82, 2.24) is 0 Å². The molecule has 1 nitrogen and oxygen atoms in total. The average Bonchev–Trinajstić information content (AvgIpc) is 2.69. The summed E-state index contributed by atoms with van der Waals surface area (Å²) in [5.41, 5.74) is 0.985. The highest BCUT2D eigenvalue weighted by molar-refractivity contribution is 5.38. The fourth-order valence-electron chi connectivity index (χ4n) is 0.964. The molecule has 0 bridgehead atoms. The molecule has 0 saturated carbocycles. The second kappa shape index (κ2) is 3.64. The van der Waals surface area contributed by atoms with Gasteiger partial charge >= 0.3 is 0 Å². The maximum atomic E-state index is 4.96. The molecule has 0 saturated heterocycles. The topological polar surface area (TPSA) is 13.1 Å². The van der Waals surface area contributed by atoms with Crippen molar-refractivity contribution in [2.24, 2.45) is 0 Å². The van der Waals surface area contributed by atoms with E-state index in [0.29, 0.717) is 5.76 Å². The molecular weight excluding hydrogens is 160 g/mol. The smallest absolute Gasteiger partial charge is 0.178 e. The molecule has 1 aromatic carbocycles. The first-order chi connectivity index (χ1) is 6.45. The number of furan rings is 1. The fourth-order valence-corrected chi connectivity index (χ4v) is 0.964. The van der Waals surface area contributed by atoms with Gasteiger partial charge in [0.15, 0.2) is 12.0 Å². The van der Waals surface area contributed by atoms with Gasteiger partial charge in [-0.15, -0.1) is 0 Å². The lowest BCUT2D eigenvalue weighted by molar-refractivity contribution is 0.545. The Balaban J connectivity index is 2.23. The van der Waals surface area contributed by atoms with E-state index in [1.807, 2.05) is 30.3 Å². The van der Waals surface area contributed by atoms with Crippen LogP contribution in [0, 0.1) is 18.1 Å². The standard InChI is InChI=1S/C12H7O/c1-2-5-11(6-3-1)8-9-12-7-4-10-13-12/h1-7H. The van der Waals surface area contributed by atoms with E-state index in [1.165, 1.54) is 0 Å². The molecule has 1 heterocycles. The Morgan fingerprint density at radius 2 is 1.85 bits per heavy atom. The summed E-state index contributed by atoms with van der Waals surface area (Å²) in [6.07, 6.45) is 2.59. The Morgan fingerprint density at radius 1 is 1.00 bits per heavy atom. The lowest BCUT2D eigenvalue weighted by Gasteiger charge is -1.84. The summed E-state index contributed by atoms with van der Waals surface area (Å²) >= 11 is 0. The molecule has 0 N–H and O–H groups in total. The third-order valence-electron chi connectivity index (χ3n) is 1.58. The molecule has 13 heavy (non-hydrogen) atoms. The van der Waals surface area contributed by atoms with Gasteiger partial charge in [-0.1, -0.05) is 24.1 Å². The molecule has 0 spiro atoms. The normalized spacial score (nSPS) is 8.92. The van der Waals surface area contributed by atoms with Gasteiger partial charge in [0.05, 0.1) is 0 Å². The molecule has 0 aliphatic heterocycles. The van der Waals surface area contributed by atoms with Crippen LogP contribution >= 0.6 is 0 Å². The van der Waals surface area contributed by atoms with Crippen molar-refractivity contribution in [3.05, 3.63) is 60.1 Å². The summed E-state index contributed by atoms with van der Waals surface area (Å²) in [6.45, 7) is 0. The van der Waals surface area contributed by atoms with Gasteiger partial charge in [0.2, 0.25) is 0 Å². The summed E-state index contributed by atoms with van der Waals surface area (Å²) in [6, 6.07) is 13.3. The zero-order chi connectivity index (χ0) is 8.93. The Labute approximate surface area is 77.0 Å². The van der Waals surface area contributed by atoms with Gasteiger partial charge in [-0.25, -0.2) is 0 Å². The van der Waals surface area contributed by atoms with Crippen molar-refractivity contribution >= 4 is 0 Å². The molecule has 0 unspecified atom stereocenters. The zero-order valence-corrected chi connectivity index (χ0v) is 6.95. The lowest BCUT2D eigenvalue weighted by Crippen LogP contribution is -1.70. The third-order valence-corrected chi connectivity index (χ3v) is 1.58. The van der Waals surface area contributed by atoms with Crippen LogP contribution in [0.15, 0.2) is 46.9 Å². The largest absolute Gasteiger partial charge is 0.444 e. The molecular formula is C12H7O. The van der Waals surface area contributed by atoms with E-state index in [1.54, 1.807) is 12.1 Å². The fraction of sp³-hybridized carbons (Fsp3) is 0. The van der Waals surface area contributed by atoms with Crippen molar-refractivity contribution in [3.8, 4) is 11.8 Å². The van der Waals surface area contributed by atoms with Crippen LogP contribution < -0.4 is 0 Å². The van der Waals surface area contributed by atoms with E-state index >= 15 is 0 Å². The summed E-state index contributed by atoms with van der Waals surface area (Å²) < 4.78 is 4.96. The Hall–Kier alpha value is -1.94. The second-order valence-corrected chi connectivity index (χ2v) is 2.53. The molecule has 1 heteroatoms. The number of hydrogen-bond acceptors (Lipinski definition) is 1. The summed E-state index contributed by atoms with van der Waals surface area (Å²) in [5.74, 6) is 6.52. The Bertz CT molecular complexity index is 415. The van der Waals surface area contributed by atoms with Gasteiger partial charge in [-0.2, -0.15) is 0 Å². The zero-order valence-electron chi connectivity index (χ0n) is 6.95. The van der Waals surface area contributed by atoms with Crippen LogP contribution in [-0.4, -0.2) is 0 Å². The van der Waals surface area contributed by atoms with Crippen LogP contribution in [0.3, 0.4) is 0 Å². The molecule has 0 aliphatic rings. The summed E-state index contributed by atoms with van der Waals surface area (Å²) in [7, 11) is 0. The third kappa shape index (κ3) is 2.00. The van der Waals surface area contributed by atoms with E-state index < -0.39 is 0 Å². The highest BCUT2D eigenvalue weighted by Crippen LogP contribution is 1.98. The van der Waals surface area contributed by atoms with Gasteiger partial charge < -0.3 is 4.42 Å². The first-order valence-corrected chi connectivity index (χ1v) is 3.98. The predicted octanol–water partition coefficient (Wildman–Crippen LogP) is 2.48. The first kappa shape index (κ1) is 7.70. The SMILES string of the molecule is C(#Cc1cc[c]o1)c1ccccc1. The molecule has 0 amide bonds. The van der Waals surface area contributed by atoms with Crippen molar-refractivity contribution in [1.29, 1.82) is 0 Å². The molecule has 0 fully saturated rings. The van der Waals surface area contributed by atoms with Crippen molar-refractivity contribution in [2.45, 2.75) is 0 Å². The highest BCUT2D eigenvalue weighted by atomic mass is 16.3. The van der Waals surface area contributed by atoms with Gasteiger partial charge in [-0.3, -0.25) is 0 Å². The summed E-state index contributed by atoms with van der Waals surface area (Å²) in [5, 5.41) is 0. The van der Waals surface area contributed by atoms with E-state index in [4.69, 9.17) is 4.42 Å². The van der Waals surface area contributed by atoms with E-state index in [2.05, 4.69) is 18.1 Å². The number of hydrogen-bond donors (Lipinski definition) is 0. The molecule has 2 aromatic rings. The van der Waals surface area contributed by atoms with Gasteiger partial charge in [0, 0.05) is 5.56 Å². The minimum Gasteiger partial charge on any atom is -0.444 e. The van der Waals surface area contributed by atoms with Gasteiger partial charge in [-0.05, 0) is 30.2 Å². The molecule has 1 radical (unpaired) electrons. The molecule has 0 aliphatic carbocycles. The molecule has 61 valence electrons. The van der Waals surface area contributed by atoms with E-state index in [0.717, 1.165) is 5.56 Å². The highest BCUT2D eigenvalue weighted by Gasteiger charge is 1.86. The minimum absolute atomic E-state index is 0.642. The first-order valence-electron chi connectivity index (χ1n) is 3.98. The van der Waals surface area contributed by atoms with Gasteiger partial charge in [0.25, 0.3) is 0 Å². The van der Waals surface area contributed by atoms with E-state index in [9.17, 15) is 0 Å². The molecule has 1 aromatic heterocycles. The predicted molar refractivity (Wildman–Crippen MR) is 50.0 cm³/mol. The summed E-state index contributed by atoms with van der Waals surface area (Å²) in [4.78, 5) is 0. The van der Waals surface area contributed by atoms with E-state index in [-0.39, 0.29) is 0 Å². The van der Waals surface area contributed by atoms with Crippen molar-refractivity contribution < 1.29 is 4.42 Å². The van der Waals surface area contributed by atoms with Crippen LogP contribution in [0.4, 0.5) is 0 Å². The minimum atomic E-state index is 0.642. The maximum absolute atomic E-state index is 4.96. The van der Waals surface area contributed by atoms with Crippen LogP contribution in [0.1, 0.15) is 11.3 Å². The molecule has 0 atom stereocenters. The lowest BCUT2D eigenvalue weighted by atomic mass is 10.2. The monoisotopic (exact) mass is 167 g/mol. The number of rotatable bonds is 0. The Morgan fingerprint density at radius 3 is 2.54 bits per heavy atom. The van der Waals surface area contributed by atoms with Crippen molar-refractivity contribution in [3.63, 3.8) is 0 Å². The van der Waals surface area contributed by atoms with Crippen LogP contribution in [0.5, 0.6) is 0 Å². The van der Waals surface area contributed by atoms with Crippen LogP contribution in [-0.2, 0) is 0 Å². The second-order valence-electron chi connectivity index (χ2n) is 2.53. The number of benzene rings is 1.